The SMILES string of the molecule is CN[C@@H]1CCN(C2(Cc3ccco3)N=C(N)N=C(N)N2)C1. The molecule has 0 saturated carbocycles. The quantitative estimate of drug-likeness (QED) is 0.565. The Balaban J connectivity index is 1.90. The van der Waals surface area contributed by atoms with Crippen molar-refractivity contribution >= 4 is 11.9 Å². The summed E-state index contributed by atoms with van der Waals surface area (Å²) in [4.78, 5) is 10.7. The highest BCUT2D eigenvalue weighted by Crippen LogP contribution is 2.26. The van der Waals surface area contributed by atoms with Crippen molar-refractivity contribution in [2.45, 2.75) is 24.7 Å². The predicted molar refractivity (Wildman–Crippen MR) is 80.6 cm³/mol. The normalized spacial score (nSPS) is 29.9. The van der Waals surface area contributed by atoms with Gasteiger partial charge in [-0.2, -0.15) is 4.99 Å². The number of aliphatic imine (C=N–C) groups is 2. The lowest BCUT2D eigenvalue weighted by molar-refractivity contribution is 0.0973. The Morgan fingerprint density at radius 3 is 3.05 bits per heavy atom. The van der Waals surface area contributed by atoms with Gasteiger partial charge in [-0.25, -0.2) is 4.99 Å². The van der Waals surface area contributed by atoms with Gasteiger partial charge >= 0.3 is 0 Å². The van der Waals surface area contributed by atoms with E-state index < -0.39 is 5.79 Å². The van der Waals surface area contributed by atoms with Crippen LogP contribution in [0.3, 0.4) is 0 Å². The number of nitrogens with one attached hydrogen (secondary N) is 2. The first kappa shape index (κ1) is 13.9. The van der Waals surface area contributed by atoms with Crippen LogP contribution in [-0.4, -0.2) is 48.8 Å². The summed E-state index contributed by atoms with van der Waals surface area (Å²) >= 11 is 0. The lowest BCUT2D eigenvalue weighted by Crippen LogP contribution is -2.64. The van der Waals surface area contributed by atoms with Crippen LogP contribution in [0.2, 0.25) is 0 Å². The van der Waals surface area contributed by atoms with E-state index in [-0.39, 0.29) is 11.9 Å². The third-order valence-electron chi connectivity index (χ3n) is 3.98. The molecule has 0 bridgehead atoms. The van der Waals surface area contributed by atoms with E-state index in [1.807, 2.05) is 19.2 Å². The molecule has 21 heavy (non-hydrogen) atoms. The van der Waals surface area contributed by atoms with Crippen molar-refractivity contribution in [1.82, 2.24) is 15.5 Å². The molecule has 0 amide bonds. The van der Waals surface area contributed by atoms with Gasteiger partial charge in [0.1, 0.15) is 5.76 Å². The van der Waals surface area contributed by atoms with Gasteiger partial charge < -0.3 is 26.5 Å². The average molecular weight is 291 g/mol. The monoisotopic (exact) mass is 291 g/mol. The second kappa shape index (κ2) is 5.38. The first-order valence-corrected chi connectivity index (χ1v) is 7.04. The molecule has 1 aromatic heterocycles. The fourth-order valence-electron chi connectivity index (χ4n) is 2.93. The van der Waals surface area contributed by atoms with Crippen LogP contribution in [0.25, 0.3) is 0 Å². The summed E-state index contributed by atoms with van der Waals surface area (Å²) in [5.41, 5.74) is 11.7. The van der Waals surface area contributed by atoms with Crippen molar-refractivity contribution in [3.05, 3.63) is 24.2 Å². The Bertz CT molecular complexity index is 553. The number of nitrogens with two attached hydrogens (primary N) is 2. The Morgan fingerprint density at radius 2 is 2.43 bits per heavy atom. The molecule has 1 aromatic rings. The van der Waals surface area contributed by atoms with Gasteiger partial charge in [0.05, 0.1) is 12.7 Å². The summed E-state index contributed by atoms with van der Waals surface area (Å²) in [6, 6.07) is 4.20. The maximum Gasteiger partial charge on any atom is 0.222 e. The van der Waals surface area contributed by atoms with E-state index in [2.05, 4.69) is 25.5 Å². The molecule has 0 aliphatic carbocycles. The summed E-state index contributed by atoms with van der Waals surface area (Å²) in [7, 11) is 1.97. The standard InChI is InChI=1S/C13H21N7O/c1-16-9-4-5-20(8-9)13(7-10-3-2-6-21-10)18-11(14)17-12(15)19-13/h2-3,6,9,16H,4-5,7-8H2,1H3,(H5,14,15,17,18,19)/t9-/m1/s1. The van der Waals surface area contributed by atoms with Crippen LogP contribution in [0.1, 0.15) is 12.2 Å². The van der Waals surface area contributed by atoms with E-state index >= 15 is 0 Å². The van der Waals surface area contributed by atoms with Crippen molar-refractivity contribution in [3.8, 4) is 0 Å². The van der Waals surface area contributed by atoms with E-state index in [0.29, 0.717) is 12.5 Å². The summed E-state index contributed by atoms with van der Waals surface area (Å²) in [6.45, 7) is 1.75. The van der Waals surface area contributed by atoms with Crippen LogP contribution in [0, 0.1) is 0 Å². The number of rotatable bonds is 4. The van der Waals surface area contributed by atoms with Crippen LogP contribution in [0.4, 0.5) is 0 Å². The molecule has 1 saturated heterocycles. The second-order valence-electron chi connectivity index (χ2n) is 5.39. The molecular weight excluding hydrogens is 270 g/mol. The molecule has 2 aliphatic rings. The highest BCUT2D eigenvalue weighted by molar-refractivity contribution is 5.95. The Hall–Kier alpha value is -2.06. The Kier molecular flexibility index (Phi) is 3.56. The molecule has 8 nitrogen and oxygen atoms in total. The lowest BCUT2D eigenvalue weighted by Gasteiger charge is -2.40. The van der Waals surface area contributed by atoms with E-state index in [4.69, 9.17) is 15.9 Å². The first-order chi connectivity index (χ1) is 10.1. The minimum Gasteiger partial charge on any atom is -0.469 e. The fraction of sp³-hybridized carbons (Fsp3) is 0.538. The highest BCUT2D eigenvalue weighted by Gasteiger charge is 2.43. The van der Waals surface area contributed by atoms with Crippen LogP contribution in [-0.2, 0) is 6.42 Å². The minimum atomic E-state index is -0.737. The van der Waals surface area contributed by atoms with Crippen molar-refractivity contribution in [2.75, 3.05) is 20.1 Å². The van der Waals surface area contributed by atoms with Gasteiger partial charge in [-0.3, -0.25) is 4.90 Å². The molecule has 3 heterocycles. The van der Waals surface area contributed by atoms with Gasteiger partial charge in [0.25, 0.3) is 0 Å². The first-order valence-electron chi connectivity index (χ1n) is 7.04. The average Bonchev–Trinajstić information content (AvgIpc) is 3.07. The molecule has 2 atom stereocenters. The van der Waals surface area contributed by atoms with Crippen molar-refractivity contribution in [3.63, 3.8) is 0 Å². The number of likely N-dealkylation sites (tertiary alicyclic amines) is 1. The van der Waals surface area contributed by atoms with E-state index in [1.54, 1.807) is 6.26 Å². The molecule has 0 aromatic carbocycles. The third-order valence-corrected chi connectivity index (χ3v) is 3.98. The molecule has 0 radical (unpaired) electrons. The molecule has 0 spiro atoms. The van der Waals surface area contributed by atoms with Gasteiger partial charge in [0, 0.05) is 19.1 Å². The van der Waals surface area contributed by atoms with Crippen LogP contribution in [0.5, 0.6) is 0 Å². The number of guanidine groups is 2. The number of furan rings is 1. The van der Waals surface area contributed by atoms with Crippen LogP contribution < -0.4 is 22.1 Å². The van der Waals surface area contributed by atoms with E-state index in [0.717, 1.165) is 25.3 Å². The lowest BCUT2D eigenvalue weighted by atomic mass is 10.1. The Labute approximate surface area is 123 Å². The zero-order valence-electron chi connectivity index (χ0n) is 12.0. The van der Waals surface area contributed by atoms with Crippen LogP contribution in [0.15, 0.2) is 32.8 Å². The minimum absolute atomic E-state index is 0.186. The maximum atomic E-state index is 5.87. The molecule has 1 unspecified atom stereocenters. The summed E-state index contributed by atoms with van der Waals surface area (Å²) in [5, 5.41) is 6.48. The number of likely N-dealkylation sites (N-methyl/N-ethyl adjacent to an activating group) is 1. The van der Waals surface area contributed by atoms with E-state index in [9.17, 15) is 0 Å². The maximum absolute atomic E-state index is 5.87. The molecule has 6 N–H and O–H groups in total. The Morgan fingerprint density at radius 1 is 1.57 bits per heavy atom. The molecular formula is C13H21N7O. The topological polar surface area (TPSA) is 117 Å². The van der Waals surface area contributed by atoms with E-state index in [1.165, 1.54) is 0 Å². The highest BCUT2D eigenvalue weighted by atomic mass is 16.3. The molecule has 2 aliphatic heterocycles. The molecule has 114 valence electrons. The van der Waals surface area contributed by atoms with Gasteiger partial charge in [0.15, 0.2) is 5.96 Å². The largest absolute Gasteiger partial charge is 0.469 e. The third kappa shape index (κ3) is 2.72. The van der Waals surface area contributed by atoms with Gasteiger partial charge in [-0.05, 0) is 25.6 Å². The zero-order chi connectivity index (χ0) is 14.9. The fourth-order valence-corrected chi connectivity index (χ4v) is 2.93. The van der Waals surface area contributed by atoms with Gasteiger partial charge in [0.2, 0.25) is 11.7 Å². The zero-order valence-corrected chi connectivity index (χ0v) is 12.0. The number of hydrogen-bond acceptors (Lipinski definition) is 8. The van der Waals surface area contributed by atoms with Gasteiger partial charge in [-0.15, -0.1) is 0 Å². The number of hydrogen-bond donors (Lipinski definition) is 4. The van der Waals surface area contributed by atoms with Crippen molar-refractivity contribution in [1.29, 1.82) is 0 Å². The van der Waals surface area contributed by atoms with Gasteiger partial charge in [-0.1, -0.05) is 0 Å². The molecule has 1 fully saturated rings. The smallest absolute Gasteiger partial charge is 0.222 e. The van der Waals surface area contributed by atoms with Crippen molar-refractivity contribution in [2.24, 2.45) is 21.5 Å². The summed E-state index contributed by atoms with van der Waals surface area (Å²) < 4.78 is 5.47. The predicted octanol–water partition coefficient (Wildman–Crippen LogP) is -0.998. The molecule has 3 rings (SSSR count). The number of nitrogens with zero attached hydrogens (tertiary/aromatic N) is 3. The second-order valence-corrected chi connectivity index (χ2v) is 5.39. The van der Waals surface area contributed by atoms with Crippen LogP contribution >= 0.6 is 0 Å². The molecule has 8 heteroatoms. The summed E-state index contributed by atoms with van der Waals surface area (Å²) in [6.07, 6.45) is 3.23. The summed E-state index contributed by atoms with van der Waals surface area (Å²) in [5.74, 6) is 0.550. The van der Waals surface area contributed by atoms with Crippen molar-refractivity contribution < 1.29 is 4.42 Å².